The monoisotopic (exact) mass is 540 g/mol. The highest BCUT2D eigenvalue weighted by atomic mass is 14.3. The smallest absolute Gasteiger partial charge is 0.0165 e. The third-order valence-corrected chi connectivity index (χ3v) is 7.53. The summed E-state index contributed by atoms with van der Waals surface area (Å²) in [5, 5.41) is 0. The lowest BCUT2D eigenvalue weighted by Crippen LogP contribution is -2.10. The summed E-state index contributed by atoms with van der Waals surface area (Å²) in [5.74, 6) is 0.674. The van der Waals surface area contributed by atoms with Gasteiger partial charge in [-0.15, -0.1) is 0 Å². The Hall–Kier alpha value is -2.86. The van der Waals surface area contributed by atoms with E-state index in [9.17, 15) is 0 Å². The fourth-order valence-corrected chi connectivity index (χ4v) is 4.92. The molecule has 0 bridgehead atoms. The first-order valence-electron chi connectivity index (χ1n) is 15.7. The summed E-state index contributed by atoms with van der Waals surface area (Å²) in [4.78, 5) is 0. The SMILES string of the molecule is C=C(C)C1CCC(C)=C(c2ccccc2C)C1.CC.CC.CCc1cc(C)ccc1C.CCc1ccccc1C. The summed E-state index contributed by atoms with van der Waals surface area (Å²) in [6.07, 6.45) is 5.96. The van der Waals surface area contributed by atoms with Crippen molar-refractivity contribution in [3.8, 4) is 0 Å². The van der Waals surface area contributed by atoms with E-state index < -0.39 is 0 Å². The summed E-state index contributed by atoms with van der Waals surface area (Å²) >= 11 is 0. The molecule has 4 rings (SSSR count). The molecule has 0 N–H and O–H groups in total. The molecule has 0 fully saturated rings. The van der Waals surface area contributed by atoms with Gasteiger partial charge in [0, 0.05) is 0 Å². The van der Waals surface area contributed by atoms with Crippen LogP contribution in [0.2, 0.25) is 0 Å². The Balaban J connectivity index is 0.000000569. The predicted molar refractivity (Wildman–Crippen MR) is 184 cm³/mol. The number of hydrogen-bond donors (Lipinski definition) is 0. The minimum Gasteiger partial charge on any atom is -0.0998 e. The van der Waals surface area contributed by atoms with Crippen LogP contribution in [-0.4, -0.2) is 0 Å². The van der Waals surface area contributed by atoms with E-state index in [0.717, 1.165) is 12.8 Å². The van der Waals surface area contributed by atoms with Crippen molar-refractivity contribution in [2.45, 2.75) is 115 Å². The molecule has 1 aliphatic rings. The standard InChI is InChI=1S/C17H22.C10H14.C9H12.2C2H6/c1-12(2)15-10-9-14(4)17(11-15)16-8-6-5-7-13(16)3;1-4-10-7-8(2)5-6-9(10)3;1-3-9-7-5-4-6-8(9)2;2*1-2/h5-8,15H,1,9-11H2,2-4H3;5-7H,4H2,1-3H3;4-7H,3H2,1-2H3;2*1-2H3. The second kappa shape index (κ2) is 21.0. The van der Waals surface area contributed by atoms with E-state index in [4.69, 9.17) is 0 Å². The van der Waals surface area contributed by atoms with Crippen molar-refractivity contribution in [2.75, 3.05) is 0 Å². The molecule has 0 radical (unpaired) electrons. The van der Waals surface area contributed by atoms with Crippen LogP contribution in [0.3, 0.4) is 0 Å². The van der Waals surface area contributed by atoms with Gasteiger partial charge in [0.05, 0.1) is 0 Å². The Morgan fingerprint density at radius 1 is 0.700 bits per heavy atom. The first-order chi connectivity index (χ1) is 19.2. The summed E-state index contributed by atoms with van der Waals surface area (Å²) in [5.41, 5.74) is 14.4. The average Bonchev–Trinajstić information content (AvgIpc) is 2.98. The van der Waals surface area contributed by atoms with Crippen LogP contribution in [0, 0.1) is 33.6 Å². The minimum absolute atomic E-state index is 0.674. The largest absolute Gasteiger partial charge is 0.0998 e. The maximum Gasteiger partial charge on any atom is -0.0165 e. The highest BCUT2D eigenvalue weighted by molar-refractivity contribution is 5.71. The molecule has 3 aromatic rings. The number of hydrogen-bond acceptors (Lipinski definition) is 0. The molecular formula is C40H60. The topological polar surface area (TPSA) is 0 Å². The van der Waals surface area contributed by atoms with Crippen molar-refractivity contribution in [2.24, 2.45) is 5.92 Å². The molecule has 1 atom stereocenters. The van der Waals surface area contributed by atoms with Crippen LogP contribution in [-0.2, 0) is 12.8 Å². The lowest BCUT2D eigenvalue weighted by molar-refractivity contribution is 0.550. The Labute approximate surface area is 249 Å². The molecule has 0 heteroatoms. The third kappa shape index (κ3) is 12.5. The Kier molecular flexibility index (Phi) is 19.5. The van der Waals surface area contributed by atoms with Gasteiger partial charge in [0.15, 0.2) is 0 Å². The molecule has 220 valence electrons. The van der Waals surface area contributed by atoms with E-state index in [-0.39, 0.29) is 0 Å². The molecule has 3 aromatic carbocycles. The van der Waals surface area contributed by atoms with Gasteiger partial charge in [-0.3, -0.25) is 0 Å². The normalized spacial score (nSPS) is 13.7. The highest BCUT2D eigenvalue weighted by Gasteiger charge is 2.21. The average molecular weight is 541 g/mol. The van der Waals surface area contributed by atoms with E-state index in [2.05, 4.69) is 129 Å². The maximum atomic E-state index is 4.13. The van der Waals surface area contributed by atoms with Crippen LogP contribution in [0.1, 0.15) is 114 Å². The molecule has 0 nitrogen and oxygen atoms in total. The second-order valence-electron chi connectivity index (χ2n) is 10.4. The van der Waals surface area contributed by atoms with E-state index in [1.54, 1.807) is 11.1 Å². The van der Waals surface area contributed by atoms with Gasteiger partial charge < -0.3 is 0 Å². The van der Waals surface area contributed by atoms with E-state index in [0.29, 0.717) is 5.92 Å². The van der Waals surface area contributed by atoms with Gasteiger partial charge >= 0.3 is 0 Å². The van der Waals surface area contributed by atoms with Gasteiger partial charge in [-0.2, -0.15) is 0 Å². The zero-order valence-electron chi connectivity index (χ0n) is 28.2. The van der Waals surface area contributed by atoms with Crippen molar-refractivity contribution in [3.05, 3.63) is 123 Å². The molecule has 0 saturated carbocycles. The minimum atomic E-state index is 0.674. The quantitative estimate of drug-likeness (QED) is 0.289. The lowest BCUT2D eigenvalue weighted by Gasteiger charge is -2.27. The molecular weight excluding hydrogens is 480 g/mol. The van der Waals surface area contributed by atoms with E-state index >= 15 is 0 Å². The summed E-state index contributed by atoms with van der Waals surface area (Å²) < 4.78 is 0. The van der Waals surface area contributed by atoms with Gasteiger partial charge in [-0.05, 0) is 119 Å². The fourth-order valence-electron chi connectivity index (χ4n) is 4.92. The van der Waals surface area contributed by atoms with Crippen molar-refractivity contribution in [1.82, 2.24) is 0 Å². The zero-order chi connectivity index (χ0) is 30.7. The molecule has 0 amide bonds. The summed E-state index contributed by atoms with van der Waals surface area (Å²) in [6.45, 7) is 29.6. The summed E-state index contributed by atoms with van der Waals surface area (Å²) in [7, 11) is 0. The van der Waals surface area contributed by atoms with Gasteiger partial charge in [-0.25, -0.2) is 0 Å². The molecule has 40 heavy (non-hydrogen) atoms. The van der Waals surface area contributed by atoms with Crippen LogP contribution in [0.5, 0.6) is 0 Å². The number of rotatable bonds is 4. The van der Waals surface area contributed by atoms with Crippen LogP contribution in [0.25, 0.3) is 5.57 Å². The molecule has 0 saturated heterocycles. The number of benzene rings is 3. The molecule has 0 aliphatic heterocycles. The molecule has 1 aliphatic carbocycles. The van der Waals surface area contributed by atoms with Crippen molar-refractivity contribution < 1.29 is 0 Å². The Bertz CT molecular complexity index is 1160. The van der Waals surface area contributed by atoms with Gasteiger partial charge in [0.25, 0.3) is 0 Å². The van der Waals surface area contributed by atoms with Crippen molar-refractivity contribution in [3.63, 3.8) is 0 Å². The van der Waals surface area contributed by atoms with Crippen LogP contribution >= 0.6 is 0 Å². The Morgan fingerprint density at radius 3 is 1.70 bits per heavy atom. The summed E-state index contributed by atoms with van der Waals surface area (Å²) in [6, 6.07) is 23.8. The molecule has 1 unspecified atom stereocenters. The number of aryl methyl sites for hydroxylation is 6. The highest BCUT2D eigenvalue weighted by Crippen LogP contribution is 2.39. The zero-order valence-corrected chi connectivity index (χ0v) is 28.2. The van der Waals surface area contributed by atoms with Gasteiger partial charge in [0.2, 0.25) is 0 Å². The Morgan fingerprint density at radius 2 is 1.23 bits per heavy atom. The van der Waals surface area contributed by atoms with E-state index in [1.807, 2.05) is 27.7 Å². The molecule has 0 heterocycles. The first kappa shape index (κ1) is 37.1. The van der Waals surface area contributed by atoms with Crippen LogP contribution in [0.15, 0.2) is 84.5 Å². The fraction of sp³-hybridized carbons (Fsp3) is 0.450. The first-order valence-corrected chi connectivity index (χ1v) is 15.7. The third-order valence-electron chi connectivity index (χ3n) is 7.53. The van der Waals surface area contributed by atoms with E-state index in [1.165, 1.54) is 63.8 Å². The van der Waals surface area contributed by atoms with Crippen molar-refractivity contribution in [1.29, 1.82) is 0 Å². The maximum absolute atomic E-state index is 4.13. The van der Waals surface area contributed by atoms with Crippen molar-refractivity contribution >= 4 is 5.57 Å². The van der Waals surface area contributed by atoms with Gasteiger partial charge in [-0.1, -0.05) is 132 Å². The second-order valence-corrected chi connectivity index (χ2v) is 10.4. The lowest BCUT2D eigenvalue weighted by atomic mass is 9.78. The van der Waals surface area contributed by atoms with Gasteiger partial charge in [0.1, 0.15) is 0 Å². The molecule has 0 aromatic heterocycles. The predicted octanol–water partition coefficient (Wildman–Crippen LogP) is 12.6. The van der Waals surface area contributed by atoms with Crippen LogP contribution in [0.4, 0.5) is 0 Å². The number of allylic oxidation sites excluding steroid dienone is 3. The van der Waals surface area contributed by atoms with Crippen LogP contribution < -0.4 is 0 Å². The molecule has 0 spiro atoms.